The van der Waals surface area contributed by atoms with Crippen molar-refractivity contribution < 1.29 is 23.8 Å². The Morgan fingerprint density at radius 3 is 2.52 bits per heavy atom. The monoisotopic (exact) mass is 317 g/mol. The van der Waals surface area contributed by atoms with Gasteiger partial charge in [-0.2, -0.15) is 0 Å². The summed E-state index contributed by atoms with van der Waals surface area (Å²) in [6.45, 7) is 0. The number of halogens is 1. The smallest absolute Gasteiger partial charge is 0.326 e. The van der Waals surface area contributed by atoms with E-state index in [-0.39, 0.29) is 12.0 Å². The van der Waals surface area contributed by atoms with Crippen molar-refractivity contribution in [3.8, 4) is 5.75 Å². The largest absolute Gasteiger partial charge is 0.497 e. The summed E-state index contributed by atoms with van der Waals surface area (Å²) in [4.78, 5) is 23.4. The van der Waals surface area contributed by atoms with Gasteiger partial charge in [0.1, 0.15) is 17.6 Å². The lowest BCUT2D eigenvalue weighted by Gasteiger charge is -2.15. The van der Waals surface area contributed by atoms with Gasteiger partial charge in [0.05, 0.1) is 7.11 Å². The van der Waals surface area contributed by atoms with Crippen LogP contribution in [0.4, 0.5) is 4.39 Å². The van der Waals surface area contributed by atoms with E-state index in [0.717, 1.165) is 17.7 Å². The molecule has 2 aromatic rings. The molecule has 6 heteroatoms. The number of carboxylic acid groups (broad SMARTS) is 1. The van der Waals surface area contributed by atoms with Crippen LogP contribution in [0, 0.1) is 5.82 Å². The molecule has 0 fully saturated rings. The van der Waals surface area contributed by atoms with E-state index in [0.29, 0.717) is 5.75 Å². The second-order valence-corrected chi connectivity index (χ2v) is 4.93. The number of rotatable bonds is 6. The molecular weight excluding hydrogens is 301 g/mol. The standard InChI is InChI=1S/C17H16FNO4/c1-23-14-4-2-3-11(9-14)10-15(17(21)22)19-16(20)12-5-7-13(18)8-6-12/h2-9,15H,10H2,1H3,(H,19,20)(H,21,22)/t15-/m0/s1. The van der Waals surface area contributed by atoms with Crippen molar-refractivity contribution in [2.75, 3.05) is 7.11 Å². The molecule has 0 aliphatic carbocycles. The zero-order chi connectivity index (χ0) is 16.8. The maximum Gasteiger partial charge on any atom is 0.326 e. The molecule has 0 aliphatic rings. The minimum absolute atomic E-state index is 0.111. The van der Waals surface area contributed by atoms with Crippen molar-refractivity contribution in [1.29, 1.82) is 0 Å². The number of nitrogens with one attached hydrogen (secondary N) is 1. The van der Waals surface area contributed by atoms with Gasteiger partial charge in [0.2, 0.25) is 0 Å². The Kier molecular flexibility index (Phi) is 5.30. The third-order valence-corrected chi connectivity index (χ3v) is 3.28. The first kappa shape index (κ1) is 16.5. The van der Waals surface area contributed by atoms with Crippen molar-refractivity contribution in [2.45, 2.75) is 12.5 Å². The number of carboxylic acids is 1. The first-order chi connectivity index (χ1) is 11.0. The summed E-state index contributed by atoms with van der Waals surface area (Å²) in [7, 11) is 1.52. The summed E-state index contributed by atoms with van der Waals surface area (Å²) >= 11 is 0. The van der Waals surface area contributed by atoms with Gasteiger partial charge in [-0.25, -0.2) is 9.18 Å². The lowest BCUT2D eigenvalue weighted by atomic mass is 10.0. The highest BCUT2D eigenvalue weighted by molar-refractivity contribution is 5.96. The molecule has 0 spiro atoms. The third-order valence-electron chi connectivity index (χ3n) is 3.28. The van der Waals surface area contributed by atoms with Gasteiger partial charge in [-0.3, -0.25) is 4.79 Å². The maximum atomic E-state index is 12.9. The van der Waals surface area contributed by atoms with E-state index < -0.39 is 23.7 Å². The molecule has 0 saturated carbocycles. The normalized spacial score (nSPS) is 11.6. The van der Waals surface area contributed by atoms with E-state index in [1.165, 1.54) is 19.2 Å². The predicted molar refractivity (Wildman–Crippen MR) is 82.0 cm³/mol. The Bertz CT molecular complexity index is 700. The number of benzene rings is 2. The zero-order valence-corrected chi connectivity index (χ0v) is 12.5. The quantitative estimate of drug-likeness (QED) is 0.857. The van der Waals surface area contributed by atoms with E-state index in [2.05, 4.69) is 5.32 Å². The van der Waals surface area contributed by atoms with Crippen LogP contribution < -0.4 is 10.1 Å². The Morgan fingerprint density at radius 1 is 1.22 bits per heavy atom. The number of amides is 1. The zero-order valence-electron chi connectivity index (χ0n) is 12.5. The minimum atomic E-state index is -1.15. The summed E-state index contributed by atoms with van der Waals surface area (Å²) in [6.07, 6.45) is 0.111. The van der Waals surface area contributed by atoms with Crippen LogP contribution in [0.3, 0.4) is 0 Å². The molecule has 5 nitrogen and oxygen atoms in total. The molecule has 120 valence electrons. The van der Waals surface area contributed by atoms with E-state index in [1.807, 2.05) is 0 Å². The molecule has 0 saturated heterocycles. The number of ether oxygens (including phenoxy) is 1. The van der Waals surface area contributed by atoms with E-state index in [1.54, 1.807) is 24.3 Å². The fourth-order valence-corrected chi connectivity index (χ4v) is 2.08. The molecule has 2 N–H and O–H groups in total. The molecule has 0 bridgehead atoms. The molecule has 23 heavy (non-hydrogen) atoms. The fraction of sp³-hybridized carbons (Fsp3) is 0.176. The number of hydrogen-bond acceptors (Lipinski definition) is 3. The summed E-state index contributed by atoms with van der Waals surface area (Å²) in [5, 5.41) is 11.7. The van der Waals surface area contributed by atoms with E-state index >= 15 is 0 Å². The number of methoxy groups -OCH3 is 1. The summed E-state index contributed by atoms with van der Waals surface area (Å²) in [5.74, 6) is -1.58. The lowest BCUT2D eigenvalue weighted by molar-refractivity contribution is -0.139. The molecule has 0 radical (unpaired) electrons. The third kappa shape index (κ3) is 4.54. The summed E-state index contributed by atoms with van der Waals surface area (Å²) in [5.41, 5.74) is 0.916. The minimum Gasteiger partial charge on any atom is -0.497 e. The summed E-state index contributed by atoms with van der Waals surface area (Å²) in [6, 6.07) is 10.7. The second kappa shape index (κ2) is 7.40. The highest BCUT2D eigenvalue weighted by Gasteiger charge is 2.21. The molecule has 1 atom stereocenters. The van der Waals surface area contributed by atoms with Gasteiger partial charge < -0.3 is 15.2 Å². The van der Waals surface area contributed by atoms with Gasteiger partial charge in [-0.1, -0.05) is 12.1 Å². The van der Waals surface area contributed by atoms with Gasteiger partial charge in [-0.15, -0.1) is 0 Å². The Balaban J connectivity index is 2.10. The van der Waals surface area contributed by atoms with Crippen LogP contribution in [0.5, 0.6) is 5.75 Å². The predicted octanol–water partition coefficient (Wildman–Crippen LogP) is 2.26. The topological polar surface area (TPSA) is 75.6 Å². The molecule has 2 aromatic carbocycles. The first-order valence-electron chi connectivity index (χ1n) is 6.92. The van der Waals surface area contributed by atoms with Crippen LogP contribution in [0.2, 0.25) is 0 Å². The average Bonchev–Trinajstić information content (AvgIpc) is 2.54. The molecule has 0 aliphatic heterocycles. The fourth-order valence-electron chi connectivity index (χ4n) is 2.08. The van der Waals surface area contributed by atoms with Gasteiger partial charge in [-0.05, 0) is 42.0 Å². The molecule has 2 rings (SSSR count). The molecule has 0 heterocycles. The van der Waals surface area contributed by atoms with Gasteiger partial charge in [0, 0.05) is 12.0 Å². The van der Waals surface area contributed by atoms with Crippen LogP contribution in [0.15, 0.2) is 48.5 Å². The highest BCUT2D eigenvalue weighted by atomic mass is 19.1. The molecule has 0 aromatic heterocycles. The van der Waals surface area contributed by atoms with E-state index in [4.69, 9.17) is 4.74 Å². The Labute approximate surface area is 132 Å². The van der Waals surface area contributed by atoms with Gasteiger partial charge in [0.25, 0.3) is 5.91 Å². The Morgan fingerprint density at radius 2 is 1.91 bits per heavy atom. The van der Waals surface area contributed by atoms with Crippen molar-refractivity contribution in [1.82, 2.24) is 5.32 Å². The van der Waals surface area contributed by atoms with Crippen molar-refractivity contribution >= 4 is 11.9 Å². The maximum absolute atomic E-state index is 12.9. The van der Waals surface area contributed by atoms with E-state index in [9.17, 15) is 19.1 Å². The average molecular weight is 317 g/mol. The molecule has 0 unspecified atom stereocenters. The highest BCUT2D eigenvalue weighted by Crippen LogP contribution is 2.14. The molecule has 1 amide bonds. The van der Waals surface area contributed by atoms with Crippen LogP contribution in [0.1, 0.15) is 15.9 Å². The number of aliphatic carboxylic acids is 1. The van der Waals surface area contributed by atoms with Gasteiger partial charge >= 0.3 is 5.97 Å². The van der Waals surface area contributed by atoms with Crippen LogP contribution in [-0.4, -0.2) is 30.1 Å². The first-order valence-corrected chi connectivity index (χ1v) is 6.92. The number of carbonyl (C=O) groups excluding carboxylic acids is 1. The summed E-state index contributed by atoms with van der Waals surface area (Å²) < 4.78 is 18.0. The van der Waals surface area contributed by atoms with Gasteiger partial charge in [0.15, 0.2) is 0 Å². The second-order valence-electron chi connectivity index (χ2n) is 4.93. The van der Waals surface area contributed by atoms with Crippen molar-refractivity contribution in [3.05, 3.63) is 65.5 Å². The van der Waals surface area contributed by atoms with Crippen LogP contribution in [0.25, 0.3) is 0 Å². The van der Waals surface area contributed by atoms with Crippen LogP contribution >= 0.6 is 0 Å². The SMILES string of the molecule is COc1cccc(C[C@H](NC(=O)c2ccc(F)cc2)C(=O)O)c1. The number of hydrogen-bond donors (Lipinski definition) is 2. The van der Waals surface area contributed by atoms with Crippen LogP contribution in [-0.2, 0) is 11.2 Å². The number of carbonyl (C=O) groups is 2. The molecular formula is C17H16FNO4. The Hall–Kier alpha value is -2.89. The lowest BCUT2D eigenvalue weighted by Crippen LogP contribution is -2.42. The van der Waals surface area contributed by atoms with Crippen molar-refractivity contribution in [3.63, 3.8) is 0 Å². The van der Waals surface area contributed by atoms with Crippen molar-refractivity contribution in [2.24, 2.45) is 0 Å².